The molecule has 0 atom stereocenters. The van der Waals surface area contributed by atoms with Crippen molar-refractivity contribution in [1.82, 2.24) is 4.90 Å². The van der Waals surface area contributed by atoms with Crippen LogP contribution in [0.2, 0.25) is 0 Å². The summed E-state index contributed by atoms with van der Waals surface area (Å²) in [5, 5.41) is -0.168. The number of nitrogens with zero attached hydrogens (tertiary/aromatic N) is 1. The van der Waals surface area contributed by atoms with Gasteiger partial charge in [-0.1, -0.05) is 0 Å². The molecule has 0 aliphatic heterocycles. The van der Waals surface area contributed by atoms with Crippen molar-refractivity contribution in [3.63, 3.8) is 0 Å². The second-order valence-electron chi connectivity index (χ2n) is 3.84. The molecule has 0 N–H and O–H groups in total. The molecule has 0 fully saturated rings. The second-order valence-corrected chi connectivity index (χ2v) is 4.84. The molecule has 19 heavy (non-hydrogen) atoms. The zero-order valence-corrected chi connectivity index (χ0v) is 12.2. The molecule has 1 amide bonds. The van der Waals surface area contributed by atoms with Gasteiger partial charge in [0.05, 0.1) is 19.3 Å². The van der Waals surface area contributed by atoms with E-state index in [1.807, 2.05) is 6.92 Å². The van der Waals surface area contributed by atoms with E-state index >= 15 is 0 Å². The van der Waals surface area contributed by atoms with Crippen molar-refractivity contribution in [1.29, 1.82) is 0 Å². The topological polar surface area (TPSA) is 55.8 Å². The predicted octanol–water partition coefficient (Wildman–Crippen LogP) is 2.65. The van der Waals surface area contributed by atoms with Gasteiger partial charge in [0.25, 0.3) is 5.24 Å². The molecule has 0 spiro atoms. The zero-order valence-electron chi connectivity index (χ0n) is 11.4. The van der Waals surface area contributed by atoms with Gasteiger partial charge in [-0.3, -0.25) is 4.79 Å². The maximum absolute atomic E-state index is 11.7. The minimum absolute atomic E-state index is 0.168. The van der Waals surface area contributed by atoms with E-state index in [0.29, 0.717) is 22.8 Å². The zero-order chi connectivity index (χ0) is 14.4. The number of benzene rings is 1. The molecule has 1 rings (SSSR count). The molecule has 0 aromatic heterocycles. The third-order valence-corrected chi connectivity index (χ3v) is 3.33. The molecule has 0 heterocycles. The van der Waals surface area contributed by atoms with E-state index in [1.165, 1.54) is 12.0 Å². The van der Waals surface area contributed by atoms with E-state index < -0.39 is 5.97 Å². The van der Waals surface area contributed by atoms with Gasteiger partial charge in [-0.25, -0.2) is 4.79 Å². The number of hydrogen-bond acceptors (Lipinski definition) is 5. The average molecular weight is 283 g/mol. The summed E-state index contributed by atoms with van der Waals surface area (Å²) in [5.41, 5.74) is 0.353. The Bertz CT molecular complexity index is 474. The van der Waals surface area contributed by atoms with Gasteiger partial charge in [0.15, 0.2) is 0 Å². The highest BCUT2D eigenvalue weighted by atomic mass is 32.2. The van der Waals surface area contributed by atoms with Crippen molar-refractivity contribution in [2.24, 2.45) is 0 Å². The first kappa shape index (κ1) is 15.4. The highest BCUT2D eigenvalue weighted by Gasteiger charge is 2.17. The molecule has 5 nitrogen and oxygen atoms in total. The Kier molecular flexibility index (Phi) is 5.69. The predicted molar refractivity (Wildman–Crippen MR) is 73.9 cm³/mol. The SMILES string of the molecule is CCOc1ccc(C(=O)OC)c(SC(=O)N(C)C)c1. The van der Waals surface area contributed by atoms with Gasteiger partial charge < -0.3 is 14.4 Å². The van der Waals surface area contributed by atoms with Crippen molar-refractivity contribution in [2.45, 2.75) is 11.8 Å². The third kappa shape index (κ3) is 4.17. The Morgan fingerprint density at radius 1 is 1.32 bits per heavy atom. The highest BCUT2D eigenvalue weighted by Crippen LogP contribution is 2.29. The fraction of sp³-hybridized carbons (Fsp3) is 0.385. The first-order chi connectivity index (χ1) is 8.99. The van der Waals surface area contributed by atoms with Crippen LogP contribution in [0.15, 0.2) is 23.1 Å². The van der Waals surface area contributed by atoms with Gasteiger partial charge in [-0.05, 0) is 36.9 Å². The molecule has 0 saturated heterocycles. The Morgan fingerprint density at radius 2 is 2.00 bits per heavy atom. The maximum atomic E-state index is 11.7. The van der Waals surface area contributed by atoms with Crippen molar-refractivity contribution < 1.29 is 19.1 Å². The summed E-state index contributed by atoms with van der Waals surface area (Å²) < 4.78 is 10.1. The minimum atomic E-state index is -0.475. The molecule has 1 aromatic rings. The largest absolute Gasteiger partial charge is 0.494 e. The number of hydrogen-bond donors (Lipinski definition) is 0. The number of amides is 1. The van der Waals surface area contributed by atoms with Gasteiger partial charge >= 0.3 is 5.97 Å². The Balaban J connectivity index is 3.10. The van der Waals surface area contributed by atoms with Crippen molar-refractivity contribution >= 4 is 23.0 Å². The quantitative estimate of drug-likeness (QED) is 0.628. The van der Waals surface area contributed by atoms with E-state index in [2.05, 4.69) is 0 Å². The summed E-state index contributed by atoms with van der Waals surface area (Å²) in [6, 6.07) is 4.95. The van der Waals surface area contributed by atoms with E-state index in [-0.39, 0.29) is 5.24 Å². The monoisotopic (exact) mass is 283 g/mol. The summed E-state index contributed by atoms with van der Waals surface area (Å²) in [6.07, 6.45) is 0. The average Bonchev–Trinajstić information content (AvgIpc) is 2.38. The second kappa shape index (κ2) is 7.04. The molecular formula is C13H17NO4S. The third-order valence-electron chi connectivity index (χ3n) is 2.23. The van der Waals surface area contributed by atoms with Gasteiger partial charge in [0.1, 0.15) is 5.75 Å². The minimum Gasteiger partial charge on any atom is -0.494 e. The lowest BCUT2D eigenvalue weighted by atomic mass is 10.2. The molecule has 0 radical (unpaired) electrons. The van der Waals surface area contributed by atoms with Crippen LogP contribution in [0.5, 0.6) is 5.75 Å². The van der Waals surface area contributed by atoms with Gasteiger partial charge in [0, 0.05) is 19.0 Å². The lowest BCUT2D eigenvalue weighted by molar-refractivity contribution is 0.0597. The summed E-state index contributed by atoms with van der Waals surface area (Å²) in [5.74, 6) is 0.140. The molecule has 0 unspecified atom stereocenters. The van der Waals surface area contributed by atoms with E-state index in [1.54, 1.807) is 32.3 Å². The standard InChI is InChI=1S/C13H17NO4S/c1-5-18-9-6-7-10(12(15)17-4)11(8-9)19-13(16)14(2)3/h6-8H,5H2,1-4H3. The van der Waals surface area contributed by atoms with Crippen LogP contribution in [0.25, 0.3) is 0 Å². The maximum Gasteiger partial charge on any atom is 0.339 e. The first-order valence-electron chi connectivity index (χ1n) is 5.73. The van der Waals surface area contributed by atoms with Crippen LogP contribution in [-0.2, 0) is 4.74 Å². The number of methoxy groups -OCH3 is 1. The van der Waals surface area contributed by atoms with Crippen LogP contribution in [0.3, 0.4) is 0 Å². The number of ether oxygens (including phenoxy) is 2. The highest BCUT2D eigenvalue weighted by molar-refractivity contribution is 8.13. The summed E-state index contributed by atoms with van der Waals surface area (Å²) >= 11 is 0.968. The van der Waals surface area contributed by atoms with Crippen LogP contribution in [0.1, 0.15) is 17.3 Å². The molecule has 0 aliphatic rings. The Morgan fingerprint density at radius 3 is 2.53 bits per heavy atom. The molecular weight excluding hydrogens is 266 g/mol. The van der Waals surface area contributed by atoms with Crippen LogP contribution in [0, 0.1) is 0 Å². The van der Waals surface area contributed by atoms with Crippen LogP contribution < -0.4 is 4.74 Å². The van der Waals surface area contributed by atoms with Crippen molar-refractivity contribution in [3.8, 4) is 5.75 Å². The molecule has 0 bridgehead atoms. The van der Waals surface area contributed by atoms with E-state index in [4.69, 9.17) is 9.47 Å². The van der Waals surface area contributed by atoms with Crippen molar-refractivity contribution in [3.05, 3.63) is 23.8 Å². The summed E-state index contributed by atoms with van der Waals surface area (Å²) in [7, 11) is 4.61. The number of carbonyl (C=O) groups is 2. The van der Waals surface area contributed by atoms with Gasteiger partial charge in [-0.2, -0.15) is 0 Å². The van der Waals surface area contributed by atoms with Crippen LogP contribution in [-0.4, -0.2) is 43.9 Å². The summed E-state index contributed by atoms with van der Waals surface area (Å²) in [6.45, 7) is 2.38. The smallest absolute Gasteiger partial charge is 0.339 e. The molecule has 1 aromatic carbocycles. The Hall–Kier alpha value is -1.69. The van der Waals surface area contributed by atoms with E-state index in [9.17, 15) is 9.59 Å². The number of carbonyl (C=O) groups excluding carboxylic acids is 2. The molecule has 0 saturated carbocycles. The lowest BCUT2D eigenvalue weighted by Crippen LogP contribution is -2.16. The van der Waals surface area contributed by atoms with Crippen LogP contribution >= 0.6 is 11.8 Å². The van der Waals surface area contributed by atoms with E-state index in [0.717, 1.165) is 11.8 Å². The normalized spacial score (nSPS) is 9.89. The molecule has 104 valence electrons. The fourth-order valence-electron chi connectivity index (χ4n) is 1.31. The first-order valence-corrected chi connectivity index (χ1v) is 6.55. The number of esters is 1. The van der Waals surface area contributed by atoms with Crippen molar-refractivity contribution in [2.75, 3.05) is 27.8 Å². The molecule has 0 aliphatic carbocycles. The number of rotatable bonds is 4. The van der Waals surface area contributed by atoms with Gasteiger partial charge in [-0.15, -0.1) is 0 Å². The molecule has 6 heteroatoms. The summed E-state index contributed by atoms with van der Waals surface area (Å²) in [4.78, 5) is 25.4. The van der Waals surface area contributed by atoms with Crippen LogP contribution in [0.4, 0.5) is 4.79 Å². The number of thioether (sulfide) groups is 1. The van der Waals surface area contributed by atoms with Gasteiger partial charge in [0.2, 0.25) is 0 Å². The fourth-order valence-corrected chi connectivity index (χ4v) is 2.11. The Labute approximate surface area is 116 Å². The lowest BCUT2D eigenvalue weighted by Gasteiger charge is -2.13.